The number of carbonyl (C=O) groups is 1. The molecule has 1 aromatic carbocycles. The predicted molar refractivity (Wildman–Crippen MR) is 109 cm³/mol. The van der Waals surface area contributed by atoms with Gasteiger partial charge in [0, 0.05) is 18.6 Å². The third kappa shape index (κ3) is 2.91. The van der Waals surface area contributed by atoms with E-state index in [0.29, 0.717) is 21.7 Å². The Labute approximate surface area is 164 Å². The van der Waals surface area contributed by atoms with Gasteiger partial charge in [-0.25, -0.2) is 0 Å². The first kappa shape index (κ1) is 18.1. The second-order valence-electron chi connectivity index (χ2n) is 6.38. The van der Waals surface area contributed by atoms with Gasteiger partial charge in [0.2, 0.25) is 0 Å². The zero-order chi connectivity index (χ0) is 19.8. The molecular formula is C20H18N4O3S. The SMILES string of the molecule is COc1c(C(=O)NCc2cnc(C)cn2)sc2c1c(=O)n(C)c1ccccc21. The Morgan fingerprint density at radius 1 is 1.25 bits per heavy atom. The zero-order valence-electron chi connectivity index (χ0n) is 15.6. The monoisotopic (exact) mass is 394 g/mol. The molecule has 0 saturated carbocycles. The number of carbonyl (C=O) groups excluding carboxylic acids is 1. The molecule has 0 spiro atoms. The smallest absolute Gasteiger partial charge is 0.265 e. The lowest BCUT2D eigenvalue weighted by atomic mass is 10.1. The number of benzene rings is 1. The number of rotatable bonds is 4. The molecule has 8 heteroatoms. The van der Waals surface area contributed by atoms with Crippen molar-refractivity contribution >= 4 is 38.2 Å². The Morgan fingerprint density at radius 2 is 2.04 bits per heavy atom. The number of ether oxygens (including phenoxy) is 1. The van der Waals surface area contributed by atoms with Gasteiger partial charge in [0.1, 0.15) is 10.3 Å². The highest BCUT2D eigenvalue weighted by atomic mass is 32.1. The van der Waals surface area contributed by atoms with Crippen LogP contribution in [-0.2, 0) is 13.6 Å². The minimum atomic E-state index is -0.313. The number of thiophene rings is 1. The first-order chi connectivity index (χ1) is 13.5. The second-order valence-corrected chi connectivity index (χ2v) is 7.40. The maximum absolute atomic E-state index is 12.9. The number of nitrogens with one attached hydrogen (secondary N) is 1. The molecule has 0 atom stereocenters. The number of hydrogen-bond donors (Lipinski definition) is 1. The minimum absolute atomic E-state index is 0.190. The van der Waals surface area contributed by atoms with Gasteiger partial charge in [0.05, 0.1) is 41.5 Å². The summed E-state index contributed by atoms with van der Waals surface area (Å²) >= 11 is 1.26. The van der Waals surface area contributed by atoms with Crippen molar-refractivity contribution in [1.29, 1.82) is 0 Å². The first-order valence-corrected chi connectivity index (χ1v) is 9.47. The number of nitrogens with zero attached hydrogens (tertiary/aromatic N) is 3. The summed E-state index contributed by atoms with van der Waals surface area (Å²) in [5.74, 6) is -0.00889. The molecule has 0 saturated heterocycles. The summed E-state index contributed by atoms with van der Waals surface area (Å²) in [6, 6.07) is 7.62. The van der Waals surface area contributed by atoms with Crippen molar-refractivity contribution < 1.29 is 9.53 Å². The Bertz CT molecular complexity index is 1260. The van der Waals surface area contributed by atoms with Crippen LogP contribution in [0.5, 0.6) is 5.75 Å². The van der Waals surface area contributed by atoms with Crippen LogP contribution in [0.3, 0.4) is 0 Å². The maximum Gasteiger partial charge on any atom is 0.265 e. The van der Waals surface area contributed by atoms with E-state index < -0.39 is 0 Å². The molecule has 142 valence electrons. The molecular weight excluding hydrogens is 376 g/mol. The topological polar surface area (TPSA) is 86.1 Å². The first-order valence-electron chi connectivity index (χ1n) is 8.65. The summed E-state index contributed by atoms with van der Waals surface area (Å²) in [4.78, 5) is 34.5. The van der Waals surface area contributed by atoms with Gasteiger partial charge < -0.3 is 14.6 Å². The zero-order valence-corrected chi connectivity index (χ0v) is 16.5. The molecule has 0 unspecified atom stereocenters. The molecule has 1 amide bonds. The minimum Gasteiger partial charge on any atom is -0.494 e. The van der Waals surface area contributed by atoms with Gasteiger partial charge in [-0.1, -0.05) is 18.2 Å². The highest BCUT2D eigenvalue weighted by Gasteiger charge is 2.24. The lowest BCUT2D eigenvalue weighted by Gasteiger charge is -2.07. The molecule has 0 radical (unpaired) electrons. The van der Waals surface area contributed by atoms with Gasteiger partial charge in [0.25, 0.3) is 11.5 Å². The van der Waals surface area contributed by atoms with Crippen molar-refractivity contribution in [3.8, 4) is 5.75 Å². The van der Waals surface area contributed by atoms with E-state index in [4.69, 9.17) is 4.74 Å². The summed E-state index contributed by atoms with van der Waals surface area (Å²) in [5, 5.41) is 4.17. The van der Waals surface area contributed by atoms with Crippen molar-refractivity contribution in [3.05, 3.63) is 63.3 Å². The normalized spacial score (nSPS) is 11.1. The van der Waals surface area contributed by atoms with Crippen LogP contribution in [0.25, 0.3) is 21.0 Å². The molecule has 0 aliphatic heterocycles. The molecule has 3 aromatic heterocycles. The summed E-state index contributed by atoms with van der Waals surface area (Å²) in [5.41, 5.74) is 2.08. The molecule has 28 heavy (non-hydrogen) atoms. The Morgan fingerprint density at radius 3 is 2.75 bits per heavy atom. The predicted octanol–water partition coefficient (Wildman–Crippen LogP) is 2.79. The molecule has 4 rings (SSSR count). The fourth-order valence-corrected chi connectivity index (χ4v) is 4.35. The largest absolute Gasteiger partial charge is 0.494 e. The van der Waals surface area contributed by atoms with Crippen LogP contribution < -0.4 is 15.6 Å². The van der Waals surface area contributed by atoms with E-state index in [2.05, 4.69) is 15.3 Å². The van der Waals surface area contributed by atoms with E-state index in [1.807, 2.05) is 31.2 Å². The van der Waals surface area contributed by atoms with Crippen LogP contribution in [0.15, 0.2) is 41.5 Å². The van der Waals surface area contributed by atoms with Crippen molar-refractivity contribution in [3.63, 3.8) is 0 Å². The maximum atomic E-state index is 12.9. The van der Waals surface area contributed by atoms with Crippen LogP contribution in [-0.4, -0.2) is 27.6 Å². The van der Waals surface area contributed by atoms with Crippen LogP contribution in [0.2, 0.25) is 0 Å². The molecule has 4 aromatic rings. The lowest BCUT2D eigenvalue weighted by molar-refractivity contribution is 0.0952. The molecule has 0 aliphatic rings. The number of aryl methyl sites for hydroxylation is 2. The lowest BCUT2D eigenvalue weighted by Crippen LogP contribution is -2.23. The van der Waals surface area contributed by atoms with E-state index >= 15 is 0 Å². The molecule has 0 fully saturated rings. The van der Waals surface area contributed by atoms with Gasteiger partial charge in [0.15, 0.2) is 5.75 Å². The molecule has 1 N–H and O–H groups in total. The van der Waals surface area contributed by atoms with E-state index in [1.54, 1.807) is 24.0 Å². The summed E-state index contributed by atoms with van der Waals surface area (Å²) in [6.07, 6.45) is 3.28. The van der Waals surface area contributed by atoms with Crippen molar-refractivity contribution in [2.24, 2.45) is 7.05 Å². The van der Waals surface area contributed by atoms with Gasteiger partial charge >= 0.3 is 0 Å². The van der Waals surface area contributed by atoms with E-state index in [9.17, 15) is 9.59 Å². The van der Waals surface area contributed by atoms with Crippen LogP contribution in [0.1, 0.15) is 21.1 Å². The van der Waals surface area contributed by atoms with Crippen molar-refractivity contribution in [1.82, 2.24) is 19.9 Å². The van der Waals surface area contributed by atoms with Gasteiger partial charge in [-0.3, -0.25) is 19.6 Å². The van der Waals surface area contributed by atoms with E-state index in [1.165, 1.54) is 18.4 Å². The van der Waals surface area contributed by atoms with Crippen LogP contribution >= 0.6 is 11.3 Å². The number of amides is 1. The molecule has 0 aliphatic carbocycles. The summed E-state index contributed by atoms with van der Waals surface area (Å²) in [6.45, 7) is 2.09. The second kappa shape index (κ2) is 7.05. The van der Waals surface area contributed by atoms with E-state index in [0.717, 1.165) is 21.3 Å². The Hall–Kier alpha value is -3.26. The standard InChI is InChI=1S/C20H18N4O3S/c1-11-8-22-12(9-21-11)10-23-19(25)18-16(27-3)15-17(28-18)13-6-4-5-7-14(13)24(2)20(15)26/h4-9H,10H2,1-3H3,(H,23,25). The fraction of sp³-hybridized carbons (Fsp3) is 0.200. The Balaban J connectivity index is 1.79. The number of para-hydroxylation sites is 1. The third-order valence-corrected chi connectivity index (χ3v) is 5.77. The number of pyridine rings is 1. The summed E-state index contributed by atoms with van der Waals surface area (Å²) in [7, 11) is 3.19. The highest BCUT2D eigenvalue weighted by Crippen LogP contribution is 2.39. The van der Waals surface area contributed by atoms with Gasteiger partial charge in [-0.15, -0.1) is 11.3 Å². The van der Waals surface area contributed by atoms with Crippen LogP contribution in [0, 0.1) is 6.92 Å². The molecule has 3 heterocycles. The average Bonchev–Trinajstić information content (AvgIpc) is 3.11. The van der Waals surface area contributed by atoms with E-state index in [-0.39, 0.29) is 18.0 Å². The highest BCUT2D eigenvalue weighted by molar-refractivity contribution is 7.22. The number of aromatic nitrogens is 3. The van der Waals surface area contributed by atoms with Gasteiger partial charge in [-0.2, -0.15) is 0 Å². The van der Waals surface area contributed by atoms with Gasteiger partial charge in [-0.05, 0) is 13.0 Å². The van der Waals surface area contributed by atoms with Crippen molar-refractivity contribution in [2.45, 2.75) is 13.5 Å². The average molecular weight is 394 g/mol. The van der Waals surface area contributed by atoms with Crippen LogP contribution in [0.4, 0.5) is 0 Å². The number of fused-ring (bicyclic) bond motifs is 3. The fourth-order valence-electron chi connectivity index (χ4n) is 3.14. The Kier molecular flexibility index (Phi) is 4.56. The summed E-state index contributed by atoms with van der Waals surface area (Å²) < 4.78 is 7.81. The quantitative estimate of drug-likeness (QED) is 0.575. The number of methoxy groups -OCH3 is 1. The van der Waals surface area contributed by atoms with Crippen molar-refractivity contribution in [2.75, 3.05) is 7.11 Å². The third-order valence-electron chi connectivity index (χ3n) is 4.57. The number of hydrogen-bond acceptors (Lipinski definition) is 6. The molecule has 0 bridgehead atoms. The molecule has 7 nitrogen and oxygen atoms in total.